The second kappa shape index (κ2) is 5.76. The molecule has 1 rings (SSSR count). The van der Waals surface area contributed by atoms with Crippen LogP contribution in [0.1, 0.15) is 22.3 Å². The van der Waals surface area contributed by atoms with Gasteiger partial charge in [0.2, 0.25) is 0 Å². The van der Waals surface area contributed by atoms with Gasteiger partial charge in [0.25, 0.3) is 0 Å². The summed E-state index contributed by atoms with van der Waals surface area (Å²) in [5, 5.41) is 0. The summed E-state index contributed by atoms with van der Waals surface area (Å²) in [6, 6.07) is 4.36. The van der Waals surface area contributed by atoms with Crippen molar-refractivity contribution >= 4 is 34.0 Å². The standard InChI is InChI=1S/C10H14.2BrH/c1-7-5-6-8(2)10(4)9(7)3;;/h5-6H,1-4H3;2*1H. The van der Waals surface area contributed by atoms with Gasteiger partial charge in [-0.1, -0.05) is 12.1 Å². The molecule has 0 unspecified atom stereocenters. The lowest BCUT2D eigenvalue weighted by atomic mass is 10.0. The Kier molecular flexibility index (Phi) is 7.05. The first kappa shape index (κ1) is 14.7. The van der Waals surface area contributed by atoms with Crippen LogP contribution >= 0.6 is 34.0 Å². The van der Waals surface area contributed by atoms with Crippen molar-refractivity contribution in [1.82, 2.24) is 0 Å². The fourth-order valence-electron chi connectivity index (χ4n) is 1.09. The second-order valence-corrected chi connectivity index (χ2v) is 2.95. The first-order chi connectivity index (χ1) is 4.63. The molecule has 0 N–H and O–H groups in total. The van der Waals surface area contributed by atoms with Gasteiger partial charge < -0.3 is 0 Å². The van der Waals surface area contributed by atoms with Crippen molar-refractivity contribution in [2.45, 2.75) is 27.7 Å². The van der Waals surface area contributed by atoms with Gasteiger partial charge in [0, 0.05) is 0 Å². The number of rotatable bonds is 0. The van der Waals surface area contributed by atoms with E-state index in [2.05, 4.69) is 39.8 Å². The van der Waals surface area contributed by atoms with Crippen molar-refractivity contribution in [2.75, 3.05) is 0 Å². The quantitative estimate of drug-likeness (QED) is 0.677. The van der Waals surface area contributed by atoms with E-state index in [1.54, 1.807) is 0 Å². The summed E-state index contributed by atoms with van der Waals surface area (Å²) in [4.78, 5) is 0. The molecule has 0 aliphatic rings. The van der Waals surface area contributed by atoms with Crippen LogP contribution in [0.4, 0.5) is 0 Å². The third kappa shape index (κ3) is 2.91. The van der Waals surface area contributed by atoms with Gasteiger partial charge in [-0.15, -0.1) is 34.0 Å². The maximum Gasteiger partial charge on any atom is -0.0392 e. The monoisotopic (exact) mass is 294 g/mol. The Hall–Kier alpha value is 0.180. The Balaban J connectivity index is 0. The van der Waals surface area contributed by atoms with Crippen molar-refractivity contribution < 1.29 is 0 Å². The molecule has 0 spiro atoms. The third-order valence-electron chi connectivity index (χ3n) is 2.33. The van der Waals surface area contributed by atoms with Crippen LogP contribution in [0.25, 0.3) is 0 Å². The van der Waals surface area contributed by atoms with Crippen molar-refractivity contribution in [1.29, 1.82) is 0 Å². The molecule has 0 fully saturated rings. The molecular formula is C10H16Br2. The zero-order chi connectivity index (χ0) is 7.72. The summed E-state index contributed by atoms with van der Waals surface area (Å²) >= 11 is 0. The van der Waals surface area contributed by atoms with Gasteiger partial charge >= 0.3 is 0 Å². The van der Waals surface area contributed by atoms with Crippen LogP contribution in [0.3, 0.4) is 0 Å². The highest BCUT2D eigenvalue weighted by Gasteiger charge is 1.97. The molecule has 0 saturated heterocycles. The molecule has 70 valence electrons. The lowest BCUT2D eigenvalue weighted by Gasteiger charge is -2.06. The highest BCUT2D eigenvalue weighted by Crippen LogP contribution is 2.15. The Labute approximate surface area is 95.9 Å². The summed E-state index contributed by atoms with van der Waals surface area (Å²) < 4.78 is 0. The topological polar surface area (TPSA) is 0 Å². The second-order valence-electron chi connectivity index (χ2n) is 2.95. The molecule has 2 heteroatoms. The molecule has 0 nitrogen and oxygen atoms in total. The largest absolute Gasteiger partial charge is 0.114 e. The van der Waals surface area contributed by atoms with Gasteiger partial charge in [0.15, 0.2) is 0 Å². The SMILES string of the molecule is Br.Br.Cc1ccc(C)c(C)c1C. The predicted octanol–water partition coefficient (Wildman–Crippen LogP) is 4.08. The maximum atomic E-state index is 2.18. The van der Waals surface area contributed by atoms with Gasteiger partial charge in [-0.05, 0) is 49.9 Å². The number of benzene rings is 1. The van der Waals surface area contributed by atoms with Crippen LogP contribution in [-0.4, -0.2) is 0 Å². The molecule has 0 amide bonds. The van der Waals surface area contributed by atoms with E-state index in [0.717, 1.165) is 0 Å². The zero-order valence-corrected chi connectivity index (χ0v) is 11.4. The smallest absolute Gasteiger partial charge is 0.0392 e. The van der Waals surface area contributed by atoms with E-state index in [1.807, 2.05) is 0 Å². The number of hydrogen-bond acceptors (Lipinski definition) is 0. The van der Waals surface area contributed by atoms with E-state index < -0.39 is 0 Å². The van der Waals surface area contributed by atoms with Crippen LogP contribution in [-0.2, 0) is 0 Å². The fourth-order valence-corrected chi connectivity index (χ4v) is 1.09. The van der Waals surface area contributed by atoms with Crippen LogP contribution in [0.5, 0.6) is 0 Å². The lowest BCUT2D eigenvalue weighted by Crippen LogP contribution is -1.88. The summed E-state index contributed by atoms with van der Waals surface area (Å²) in [7, 11) is 0. The van der Waals surface area contributed by atoms with E-state index in [9.17, 15) is 0 Å². The lowest BCUT2D eigenvalue weighted by molar-refractivity contribution is 1.22. The Morgan fingerprint density at radius 3 is 1.17 bits per heavy atom. The van der Waals surface area contributed by atoms with Crippen LogP contribution in [0.15, 0.2) is 12.1 Å². The predicted molar refractivity (Wildman–Crippen MR) is 66.0 cm³/mol. The van der Waals surface area contributed by atoms with E-state index in [0.29, 0.717) is 0 Å². The van der Waals surface area contributed by atoms with E-state index in [4.69, 9.17) is 0 Å². The molecule has 0 saturated carbocycles. The molecule has 0 aliphatic heterocycles. The molecule has 1 aromatic rings. The van der Waals surface area contributed by atoms with Gasteiger partial charge in [-0.25, -0.2) is 0 Å². The summed E-state index contributed by atoms with van der Waals surface area (Å²) in [6.45, 7) is 8.67. The molecule has 0 atom stereocenters. The average molecular weight is 296 g/mol. The Bertz CT molecular complexity index is 227. The number of aryl methyl sites for hydroxylation is 2. The Morgan fingerprint density at radius 2 is 0.917 bits per heavy atom. The minimum absolute atomic E-state index is 0. The maximum absolute atomic E-state index is 2.18. The molecule has 1 aromatic carbocycles. The van der Waals surface area contributed by atoms with Crippen LogP contribution in [0.2, 0.25) is 0 Å². The Morgan fingerprint density at radius 1 is 0.667 bits per heavy atom. The minimum atomic E-state index is 0. The molecule has 0 aromatic heterocycles. The first-order valence-corrected chi connectivity index (χ1v) is 3.66. The summed E-state index contributed by atoms with van der Waals surface area (Å²) in [5.74, 6) is 0. The molecule has 0 heterocycles. The normalized spacial score (nSPS) is 8.33. The first-order valence-electron chi connectivity index (χ1n) is 3.66. The average Bonchev–Trinajstić information content (AvgIpc) is 1.93. The van der Waals surface area contributed by atoms with Gasteiger partial charge in [-0.3, -0.25) is 0 Å². The number of halogens is 2. The zero-order valence-electron chi connectivity index (χ0n) is 7.97. The van der Waals surface area contributed by atoms with Gasteiger partial charge in [0.05, 0.1) is 0 Å². The van der Waals surface area contributed by atoms with E-state index >= 15 is 0 Å². The van der Waals surface area contributed by atoms with Crippen LogP contribution < -0.4 is 0 Å². The molecule has 0 bridgehead atoms. The van der Waals surface area contributed by atoms with E-state index in [1.165, 1.54) is 22.3 Å². The van der Waals surface area contributed by atoms with Crippen molar-refractivity contribution in [2.24, 2.45) is 0 Å². The van der Waals surface area contributed by atoms with Crippen LogP contribution in [0, 0.1) is 27.7 Å². The molecular weight excluding hydrogens is 280 g/mol. The summed E-state index contributed by atoms with van der Waals surface area (Å²) in [5.41, 5.74) is 5.64. The minimum Gasteiger partial charge on any atom is -0.114 e. The summed E-state index contributed by atoms with van der Waals surface area (Å²) in [6.07, 6.45) is 0. The van der Waals surface area contributed by atoms with Crippen molar-refractivity contribution in [3.8, 4) is 0 Å². The highest BCUT2D eigenvalue weighted by molar-refractivity contribution is 8.93. The molecule has 0 aliphatic carbocycles. The van der Waals surface area contributed by atoms with Crippen molar-refractivity contribution in [3.05, 3.63) is 34.4 Å². The van der Waals surface area contributed by atoms with Crippen molar-refractivity contribution in [3.63, 3.8) is 0 Å². The van der Waals surface area contributed by atoms with Gasteiger partial charge in [0.1, 0.15) is 0 Å². The van der Waals surface area contributed by atoms with E-state index in [-0.39, 0.29) is 34.0 Å². The number of hydrogen-bond donors (Lipinski definition) is 0. The fraction of sp³-hybridized carbons (Fsp3) is 0.400. The van der Waals surface area contributed by atoms with Gasteiger partial charge in [-0.2, -0.15) is 0 Å². The third-order valence-corrected chi connectivity index (χ3v) is 2.33. The highest BCUT2D eigenvalue weighted by atomic mass is 79.9. The molecule has 0 radical (unpaired) electrons. The molecule has 12 heavy (non-hydrogen) atoms.